The average molecular weight is 394 g/mol. The highest BCUT2D eigenvalue weighted by Gasteiger charge is 2.33. The molecule has 1 aromatic rings. The zero-order valence-corrected chi connectivity index (χ0v) is 17.4. The molecule has 1 aromatic carbocycles. The SMILES string of the molecule is C[C@H](NC(=O)[C@@H]1CCCN(S(=O)(=O)N(C)C)C1)c1ccc2c(c1)CCCC2. The molecule has 1 fully saturated rings. The summed E-state index contributed by atoms with van der Waals surface area (Å²) in [6, 6.07) is 6.45. The Balaban J connectivity index is 1.64. The fourth-order valence-corrected chi connectivity index (χ4v) is 5.22. The van der Waals surface area contributed by atoms with Gasteiger partial charge in [-0.3, -0.25) is 4.79 Å². The maximum Gasteiger partial charge on any atom is 0.281 e. The lowest BCUT2D eigenvalue weighted by atomic mass is 9.89. The van der Waals surface area contributed by atoms with Crippen LogP contribution in [0.4, 0.5) is 0 Å². The van der Waals surface area contributed by atoms with Gasteiger partial charge in [0.1, 0.15) is 0 Å². The van der Waals surface area contributed by atoms with Crippen molar-refractivity contribution in [2.45, 2.75) is 51.5 Å². The van der Waals surface area contributed by atoms with E-state index >= 15 is 0 Å². The van der Waals surface area contributed by atoms with Gasteiger partial charge in [0.25, 0.3) is 10.2 Å². The third-order valence-electron chi connectivity index (χ3n) is 5.77. The van der Waals surface area contributed by atoms with Gasteiger partial charge in [-0.15, -0.1) is 0 Å². The number of benzene rings is 1. The number of hydrogen-bond acceptors (Lipinski definition) is 3. The first-order valence-electron chi connectivity index (χ1n) is 9.88. The summed E-state index contributed by atoms with van der Waals surface area (Å²) < 4.78 is 27.3. The molecular formula is C20H31N3O3S. The van der Waals surface area contributed by atoms with E-state index in [0.29, 0.717) is 13.0 Å². The lowest BCUT2D eigenvalue weighted by molar-refractivity contribution is -0.126. The van der Waals surface area contributed by atoms with E-state index in [1.807, 2.05) is 6.92 Å². The first-order chi connectivity index (χ1) is 12.8. The Hall–Kier alpha value is -1.44. The van der Waals surface area contributed by atoms with Gasteiger partial charge in [0, 0.05) is 27.2 Å². The van der Waals surface area contributed by atoms with Gasteiger partial charge in [-0.2, -0.15) is 17.0 Å². The summed E-state index contributed by atoms with van der Waals surface area (Å²) >= 11 is 0. The Bertz CT molecular complexity index is 792. The van der Waals surface area contributed by atoms with Crippen molar-refractivity contribution in [3.8, 4) is 0 Å². The van der Waals surface area contributed by atoms with Crippen molar-refractivity contribution in [2.24, 2.45) is 5.92 Å². The molecule has 1 aliphatic heterocycles. The number of nitrogens with zero attached hydrogens (tertiary/aromatic N) is 2. The van der Waals surface area contributed by atoms with E-state index in [1.165, 1.54) is 46.7 Å². The summed E-state index contributed by atoms with van der Waals surface area (Å²) in [6.45, 7) is 2.73. The average Bonchev–Trinajstić information content (AvgIpc) is 2.67. The Morgan fingerprint density at radius 1 is 1.19 bits per heavy atom. The first-order valence-corrected chi connectivity index (χ1v) is 11.3. The lowest BCUT2D eigenvalue weighted by Gasteiger charge is -2.33. The maximum absolute atomic E-state index is 12.8. The third kappa shape index (κ3) is 4.52. The van der Waals surface area contributed by atoms with Crippen LogP contribution in [0.2, 0.25) is 0 Å². The number of amides is 1. The van der Waals surface area contributed by atoms with E-state index in [2.05, 4.69) is 23.5 Å². The molecule has 6 nitrogen and oxygen atoms in total. The minimum atomic E-state index is -3.47. The molecule has 0 bridgehead atoms. The number of rotatable bonds is 5. The number of nitrogens with one attached hydrogen (secondary N) is 1. The zero-order chi connectivity index (χ0) is 19.6. The van der Waals surface area contributed by atoms with Gasteiger partial charge >= 0.3 is 0 Å². The van der Waals surface area contributed by atoms with Crippen molar-refractivity contribution >= 4 is 16.1 Å². The molecule has 1 aliphatic carbocycles. The highest BCUT2D eigenvalue weighted by molar-refractivity contribution is 7.86. The third-order valence-corrected chi connectivity index (χ3v) is 7.68. The Morgan fingerprint density at radius 3 is 2.59 bits per heavy atom. The molecule has 0 radical (unpaired) electrons. The van der Waals surface area contributed by atoms with Crippen molar-refractivity contribution in [1.82, 2.24) is 13.9 Å². The molecule has 0 aromatic heterocycles. The van der Waals surface area contributed by atoms with E-state index in [1.54, 1.807) is 0 Å². The van der Waals surface area contributed by atoms with Crippen LogP contribution in [0.3, 0.4) is 0 Å². The van der Waals surface area contributed by atoms with Crippen molar-refractivity contribution in [1.29, 1.82) is 0 Å². The smallest absolute Gasteiger partial charge is 0.281 e. The molecule has 2 atom stereocenters. The Kier molecular flexibility index (Phi) is 6.23. The molecule has 0 saturated carbocycles. The molecular weight excluding hydrogens is 362 g/mol. The Labute approximate surface area is 163 Å². The molecule has 1 saturated heterocycles. The second kappa shape index (κ2) is 8.29. The van der Waals surface area contributed by atoms with Gasteiger partial charge in [0.2, 0.25) is 5.91 Å². The fourth-order valence-electron chi connectivity index (χ4n) is 4.03. The molecule has 7 heteroatoms. The molecule has 0 unspecified atom stereocenters. The van der Waals surface area contributed by atoms with E-state index in [9.17, 15) is 13.2 Å². The monoisotopic (exact) mass is 393 g/mol. The summed E-state index contributed by atoms with van der Waals surface area (Å²) in [5, 5.41) is 3.10. The molecule has 1 N–H and O–H groups in total. The normalized spacial score (nSPS) is 22.3. The quantitative estimate of drug-likeness (QED) is 0.834. The summed E-state index contributed by atoms with van der Waals surface area (Å²) in [5.74, 6) is -0.354. The first kappa shape index (κ1) is 20.3. The van der Waals surface area contributed by atoms with Crippen LogP contribution in [0.5, 0.6) is 0 Å². The summed E-state index contributed by atoms with van der Waals surface area (Å²) in [5.41, 5.74) is 3.96. The van der Waals surface area contributed by atoms with Crippen molar-refractivity contribution in [3.63, 3.8) is 0 Å². The van der Waals surface area contributed by atoms with Crippen LogP contribution in [0.1, 0.15) is 55.3 Å². The minimum Gasteiger partial charge on any atom is -0.349 e. The number of carbonyl (C=O) groups excluding carboxylic acids is 1. The van der Waals surface area contributed by atoms with Gasteiger partial charge < -0.3 is 5.32 Å². The van der Waals surface area contributed by atoms with Crippen LogP contribution in [0, 0.1) is 5.92 Å². The van der Waals surface area contributed by atoms with Crippen LogP contribution in [-0.2, 0) is 27.8 Å². The highest BCUT2D eigenvalue weighted by Crippen LogP contribution is 2.26. The summed E-state index contributed by atoms with van der Waals surface area (Å²) in [4.78, 5) is 12.8. The topological polar surface area (TPSA) is 69.7 Å². The van der Waals surface area contributed by atoms with Crippen molar-refractivity contribution in [3.05, 3.63) is 34.9 Å². The van der Waals surface area contributed by atoms with E-state index < -0.39 is 10.2 Å². The predicted molar refractivity (Wildman–Crippen MR) is 107 cm³/mol. The molecule has 0 spiro atoms. The zero-order valence-electron chi connectivity index (χ0n) is 16.6. The lowest BCUT2D eigenvalue weighted by Crippen LogP contribution is -2.49. The molecule has 2 aliphatic rings. The fraction of sp³-hybridized carbons (Fsp3) is 0.650. The van der Waals surface area contributed by atoms with Crippen LogP contribution in [-0.4, -0.2) is 50.1 Å². The minimum absolute atomic E-state index is 0.0566. The standard InChI is InChI=1S/C20H31N3O3S/c1-15(17-11-10-16-7-4-5-8-18(16)13-17)21-20(24)19-9-6-12-23(14-19)27(25,26)22(2)3/h10-11,13,15,19H,4-9,12,14H2,1-3H3,(H,21,24)/t15-,19+/m0/s1. The van der Waals surface area contributed by atoms with Gasteiger partial charge in [-0.05, 0) is 62.1 Å². The van der Waals surface area contributed by atoms with Gasteiger partial charge in [-0.25, -0.2) is 0 Å². The molecule has 3 rings (SSSR count). The second-order valence-electron chi connectivity index (χ2n) is 7.95. The largest absolute Gasteiger partial charge is 0.349 e. The molecule has 1 heterocycles. The van der Waals surface area contributed by atoms with E-state index in [0.717, 1.165) is 24.8 Å². The molecule has 1 amide bonds. The maximum atomic E-state index is 12.8. The number of fused-ring (bicyclic) bond motifs is 1. The van der Waals surface area contributed by atoms with Crippen LogP contribution < -0.4 is 5.32 Å². The Morgan fingerprint density at radius 2 is 1.89 bits per heavy atom. The number of carbonyl (C=O) groups is 1. The number of hydrogen-bond donors (Lipinski definition) is 1. The van der Waals surface area contributed by atoms with Crippen molar-refractivity contribution < 1.29 is 13.2 Å². The second-order valence-corrected chi connectivity index (χ2v) is 10.1. The molecule has 27 heavy (non-hydrogen) atoms. The van der Waals surface area contributed by atoms with Gasteiger partial charge in [-0.1, -0.05) is 18.2 Å². The van der Waals surface area contributed by atoms with Crippen LogP contribution >= 0.6 is 0 Å². The van der Waals surface area contributed by atoms with E-state index in [-0.39, 0.29) is 24.4 Å². The van der Waals surface area contributed by atoms with Crippen LogP contribution in [0.25, 0.3) is 0 Å². The highest BCUT2D eigenvalue weighted by atomic mass is 32.2. The van der Waals surface area contributed by atoms with Crippen LogP contribution in [0.15, 0.2) is 18.2 Å². The predicted octanol–water partition coefficient (Wildman–Crippen LogP) is 2.26. The van der Waals surface area contributed by atoms with Gasteiger partial charge in [0.15, 0.2) is 0 Å². The van der Waals surface area contributed by atoms with Crippen molar-refractivity contribution in [2.75, 3.05) is 27.2 Å². The number of piperidine rings is 1. The van der Waals surface area contributed by atoms with E-state index in [4.69, 9.17) is 0 Å². The summed E-state index contributed by atoms with van der Waals surface area (Å²) in [6.07, 6.45) is 6.18. The molecule has 150 valence electrons. The number of aryl methyl sites for hydroxylation is 2. The summed E-state index contributed by atoms with van der Waals surface area (Å²) in [7, 11) is -0.421. The van der Waals surface area contributed by atoms with Gasteiger partial charge in [0.05, 0.1) is 12.0 Å².